The van der Waals surface area contributed by atoms with Crippen LogP contribution in [0.2, 0.25) is 0 Å². The summed E-state index contributed by atoms with van der Waals surface area (Å²) in [6.07, 6.45) is 0. The first-order chi connectivity index (χ1) is 10.6. The fourth-order valence-electron chi connectivity index (χ4n) is 2.18. The molecule has 2 aromatic carbocycles. The molecule has 0 aliphatic carbocycles. The van der Waals surface area contributed by atoms with Crippen molar-refractivity contribution in [2.45, 2.75) is 6.92 Å². The lowest BCUT2D eigenvalue weighted by Gasteiger charge is -2.05. The van der Waals surface area contributed by atoms with Gasteiger partial charge in [0.2, 0.25) is 0 Å². The molecule has 0 atom stereocenters. The molecule has 0 fully saturated rings. The van der Waals surface area contributed by atoms with Gasteiger partial charge in [-0.15, -0.1) is 11.3 Å². The molecule has 0 radical (unpaired) electrons. The van der Waals surface area contributed by atoms with Gasteiger partial charge in [-0.3, -0.25) is 4.79 Å². The first kappa shape index (κ1) is 14.9. The molecule has 110 valence electrons. The van der Waals surface area contributed by atoms with Gasteiger partial charge < -0.3 is 0 Å². The maximum atomic E-state index is 12.4. The molecule has 3 aromatic rings. The molecule has 0 aliphatic heterocycles. The fraction of sp³-hybridized carbons (Fsp3) is 0.0588. The largest absolute Gasteiger partial charge is 0.272 e. The second-order valence-electron chi connectivity index (χ2n) is 4.77. The van der Waals surface area contributed by atoms with E-state index in [2.05, 4.69) is 26.5 Å². The van der Waals surface area contributed by atoms with Gasteiger partial charge in [0.25, 0.3) is 5.91 Å². The molecule has 3 rings (SSSR count). The lowest BCUT2D eigenvalue weighted by Crippen LogP contribution is -2.19. The van der Waals surface area contributed by atoms with Crippen molar-refractivity contribution in [1.29, 1.82) is 0 Å². The maximum Gasteiger partial charge on any atom is 0.272 e. The summed E-state index contributed by atoms with van der Waals surface area (Å²) >= 11 is 5.00. The quantitative estimate of drug-likeness (QED) is 0.519. The molecule has 0 spiro atoms. The van der Waals surface area contributed by atoms with Gasteiger partial charge in [-0.1, -0.05) is 36.4 Å². The van der Waals surface area contributed by atoms with Crippen LogP contribution in [0.1, 0.15) is 22.2 Å². The van der Waals surface area contributed by atoms with E-state index in [0.29, 0.717) is 5.56 Å². The SMILES string of the molecule is CC(=NNC(=O)c1cccc2ccccc12)c1ccc(Br)s1. The number of carbonyl (C=O) groups is 1. The van der Waals surface area contributed by atoms with E-state index in [4.69, 9.17) is 0 Å². The number of thiophene rings is 1. The minimum atomic E-state index is -0.202. The molecule has 1 heterocycles. The highest BCUT2D eigenvalue weighted by atomic mass is 79.9. The summed E-state index contributed by atoms with van der Waals surface area (Å²) in [5.41, 5.74) is 4.05. The topological polar surface area (TPSA) is 41.5 Å². The zero-order valence-corrected chi connectivity index (χ0v) is 14.2. The fourth-order valence-corrected chi connectivity index (χ4v) is 3.51. The van der Waals surface area contributed by atoms with Crippen molar-refractivity contribution in [3.63, 3.8) is 0 Å². The summed E-state index contributed by atoms with van der Waals surface area (Å²) in [5, 5.41) is 6.16. The van der Waals surface area contributed by atoms with Crippen molar-refractivity contribution in [3.8, 4) is 0 Å². The average Bonchev–Trinajstić information content (AvgIpc) is 2.98. The van der Waals surface area contributed by atoms with Crippen LogP contribution in [0, 0.1) is 0 Å². The number of fused-ring (bicyclic) bond motifs is 1. The van der Waals surface area contributed by atoms with Crippen molar-refractivity contribution < 1.29 is 4.79 Å². The van der Waals surface area contributed by atoms with Crippen LogP contribution in [-0.4, -0.2) is 11.6 Å². The second-order valence-corrected chi connectivity index (χ2v) is 7.23. The standard InChI is InChI=1S/C17H13BrN2OS/c1-11(15-9-10-16(18)22-15)19-20-17(21)14-8-4-6-12-5-2-3-7-13(12)14/h2-10H,1H3,(H,20,21). The number of amides is 1. The van der Waals surface area contributed by atoms with E-state index in [9.17, 15) is 4.79 Å². The number of rotatable bonds is 3. The van der Waals surface area contributed by atoms with E-state index in [0.717, 1.165) is 25.1 Å². The van der Waals surface area contributed by atoms with E-state index in [1.54, 1.807) is 11.3 Å². The van der Waals surface area contributed by atoms with Crippen LogP contribution >= 0.6 is 27.3 Å². The minimum Gasteiger partial charge on any atom is -0.267 e. The molecule has 0 unspecified atom stereocenters. The predicted molar refractivity (Wildman–Crippen MR) is 95.6 cm³/mol. The zero-order chi connectivity index (χ0) is 15.5. The van der Waals surface area contributed by atoms with Gasteiger partial charge in [0.15, 0.2) is 0 Å². The Morgan fingerprint density at radius 3 is 2.64 bits per heavy atom. The predicted octanol–water partition coefficient (Wildman–Crippen LogP) is 4.82. The van der Waals surface area contributed by atoms with Gasteiger partial charge in [0.05, 0.1) is 14.4 Å². The lowest BCUT2D eigenvalue weighted by atomic mass is 10.0. The Kier molecular flexibility index (Phi) is 4.36. The van der Waals surface area contributed by atoms with Gasteiger partial charge >= 0.3 is 0 Å². The molecule has 1 amide bonds. The summed E-state index contributed by atoms with van der Waals surface area (Å²) < 4.78 is 1.04. The Morgan fingerprint density at radius 1 is 1.09 bits per heavy atom. The average molecular weight is 373 g/mol. The van der Waals surface area contributed by atoms with Gasteiger partial charge in [0.1, 0.15) is 0 Å². The molecule has 5 heteroatoms. The van der Waals surface area contributed by atoms with E-state index in [-0.39, 0.29) is 5.91 Å². The summed E-state index contributed by atoms with van der Waals surface area (Å²) in [7, 11) is 0. The molecule has 1 N–H and O–H groups in total. The Bertz CT molecular complexity index is 864. The Morgan fingerprint density at radius 2 is 1.86 bits per heavy atom. The van der Waals surface area contributed by atoms with E-state index in [1.807, 2.05) is 61.5 Å². The molecule has 1 aromatic heterocycles. The van der Waals surface area contributed by atoms with E-state index >= 15 is 0 Å². The van der Waals surface area contributed by atoms with Crippen LogP contribution in [0.5, 0.6) is 0 Å². The smallest absolute Gasteiger partial charge is 0.267 e. The van der Waals surface area contributed by atoms with Crippen molar-refractivity contribution in [2.75, 3.05) is 0 Å². The van der Waals surface area contributed by atoms with Crippen LogP contribution in [-0.2, 0) is 0 Å². The third-order valence-corrected chi connectivity index (χ3v) is 5.02. The third-order valence-electron chi connectivity index (χ3n) is 3.29. The molecular formula is C17H13BrN2OS. The Labute approximate surface area is 140 Å². The molecule has 3 nitrogen and oxygen atoms in total. The van der Waals surface area contributed by atoms with E-state index in [1.165, 1.54) is 0 Å². The summed E-state index contributed by atoms with van der Waals surface area (Å²) in [6, 6.07) is 17.4. The number of nitrogens with zero attached hydrogens (tertiary/aromatic N) is 1. The lowest BCUT2D eigenvalue weighted by molar-refractivity contribution is 0.0956. The number of hydrogen-bond acceptors (Lipinski definition) is 3. The molecule has 0 aliphatic rings. The molecule has 0 saturated carbocycles. The van der Waals surface area contributed by atoms with Crippen LogP contribution < -0.4 is 5.43 Å². The van der Waals surface area contributed by atoms with E-state index < -0.39 is 0 Å². The first-order valence-corrected chi connectivity index (χ1v) is 8.34. The van der Waals surface area contributed by atoms with Crippen LogP contribution in [0.15, 0.2) is 63.5 Å². The van der Waals surface area contributed by atoms with Crippen LogP contribution in [0.25, 0.3) is 10.8 Å². The summed E-state index contributed by atoms with van der Waals surface area (Å²) in [5.74, 6) is -0.202. The highest BCUT2D eigenvalue weighted by molar-refractivity contribution is 9.11. The Hall–Kier alpha value is -1.98. The number of carbonyl (C=O) groups excluding carboxylic acids is 1. The van der Waals surface area contributed by atoms with Gasteiger partial charge in [-0.2, -0.15) is 5.10 Å². The molecule has 0 bridgehead atoms. The van der Waals surface area contributed by atoms with Gasteiger partial charge in [-0.25, -0.2) is 5.43 Å². The van der Waals surface area contributed by atoms with Gasteiger partial charge in [0, 0.05) is 5.56 Å². The van der Waals surface area contributed by atoms with Crippen molar-refractivity contribution >= 4 is 49.7 Å². The number of halogens is 1. The highest BCUT2D eigenvalue weighted by Crippen LogP contribution is 2.22. The highest BCUT2D eigenvalue weighted by Gasteiger charge is 2.09. The van der Waals surface area contributed by atoms with Crippen molar-refractivity contribution in [3.05, 3.63) is 68.8 Å². The number of hydrazone groups is 1. The summed E-state index contributed by atoms with van der Waals surface area (Å²) in [6.45, 7) is 1.88. The molecule has 22 heavy (non-hydrogen) atoms. The first-order valence-electron chi connectivity index (χ1n) is 6.73. The van der Waals surface area contributed by atoms with Crippen LogP contribution in [0.4, 0.5) is 0 Å². The van der Waals surface area contributed by atoms with Crippen LogP contribution in [0.3, 0.4) is 0 Å². The van der Waals surface area contributed by atoms with Crippen molar-refractivity contribution in [2.24, 2.45) is 5.10 Å². The summed E-state index contributed by atoms with van der Waals surface area (Å²) in [4.78, 5) is 13.4. The minimum absolute atomic E-state index is 0.202. The zero-order valence-electron chi connectivity index (χ0n) is 11.8. The Balaban J connectivity index is 1.85. The molecule has 0 saturated heterocycles. The monoisotopic (exact) mass is 372 g/mol. The molecular weight excluding hydrogens is 360 g/mol. The third kappa shape index (κ3) is 3.10. The normalized spacial score (nSPS) is 11.6. The van der Waals surface area contributed by atoms with Gasteiger partial charge in [-0.05, 0) is 51.8 Å². The number of hydrogen-bond donors (Lipinski definition) is 1. The van der Waals surface area contributed by atoms with Crippen molar-refractivity contribution in [1.82, 2.24) is 5.43 Å². The number of nitrogens with one attached hydrogen (secondary N) is 1. The second kappa shape index (κ2) is 6.42. The maximum absolute atomic E-state index is 12.4. The number of benzene rings is 2.